The zero-order valence-corrected chi connectivity index (χ0v) is 18.1. The summed E-state index contributed by atoms with van der Waals surface area (Å²) in [5.74, 6) is 0.579. The van der Waals surface area contributed by atoms with E-state index in [1.807, 2.05) is 0 Å². The normalized spacial score (nSPS) is 13.2. The van der Waals surface area contributed by atoms with E-state index in [-0.39, 0.29) is 22.5 Å². The molecule has 0 aromatic carbocycles. The molecule has 0 aliphatic heterocycles. The molecule has 5 rings (SSSR count). The van der Waals surface area contributed by atoms with Crippen LogP contribution in [0.5, 0.6) is 0 Å². The van der Waals surface area contributed by atoms with Gasteiger partial charge in [-0.3, -0.25) is 14.2 Å². The maximum atomic E-state index is 12.8. The van der Waals surface area contributed by atoms with Crippen LogP contribution in [0.2, 0.25) is 0 Å². The average Bonchev–Trinajstić information content (AvgIpc) is 3.40. The van der Waals surface area contributed by atoms with E-state index in [4.69, 9.17) is 10.2 Å². The summed E-state index contributed by atoms with van der Waals surface area (Å²) < 4.78 is 19.6. The number of hydrogen-bond donors (Lipinski definition) is 3. The topological polar surface area (TPSA) is 145 Å². The van der Waals surface area contributed by atoms with Crippen molar-refractivity contribution in [2.45, 2.75) is 32.4 Å². The molecular weight excluding hydrogens is 431 g/mol. The van der Waals surface area contributed by atoms with Gasteiger partial charge in [-0.25, -0.2) is 14.4 Å². The van der Waals surface area contributed by atoms with Crippen molar-refractivity contribution in [3.05, 3.63) is 58.6 Å². The highest BCUT2D eigenvalue weighted by atomic mass is 19.1. The molecular formula is C21H23FN8O3. The summed E-state index contributed by atoms with van der Waals surface area (Å²) in [6.45, 7) is 1.74. The number of rotatable bonds is 5. The Hall–Kier alpha value is -4.22. The number of carbonyl (C=O) groups excluding carboxylic acids is 1. The predicted molar refractivity (Wildman–Crippen MR) is 120 cm³/mol. The molecule has 1 fully saturated rings. The van der Waals surface area contributed by atoms with Crippen LogP contribution in [0.25, 0.3) is 11.5 Å². The number of halogens is 1. The van der Waals surface area contributed by atoms with Crippen LogP contribution in [0.15, 0.2) is 46.2 Å². The van der Waals surface area contributed by atoms with Crippen LogP contribution in [-0.2, 0) is 0 Å². The maximum absolute atomic E-state index is 12.8. The largest absolute Gasteiger partial charge is 0.427 e. The van der Waals surface area contributed by atoms with Gasteiger partial charge < -0.3 is 20.8 Å². The number of nitrogens with one attached hydrogen (secondary N) is 2. The van der Waals surface area contributed by atoms with Gasteiger partial charge in [-0.05, 0) is 38.3 Å². The molecule has 1 amide bonds. The number of hydrogen-bond acceptors (Lipinski definition) is 8. The zero-order chi connectivity index (χ0) is 23.5. The van der Waals surface area contributed by atoms with E-state index >= 15 is 0 Å². The molecule has 0 spiro atoms. The molecule has 0 bridgehead atoms. The van der Waals surface area contributed by atoms with Crippen molar-refractivity contribution in [3.8, 4) is 5.88 Å². The third-order valence-corrected chi connectivity index (χ3v) is 5.18. The molecule has 11 nitrogen and oxygen atoms in total. The molecule has 1 aliphatic rings. The fourth-order valence-corrected chi connectivity index (χ4v) is 3.15. The summed E-state index contributed by atoms with van der Waals surface area (Å²) in [5.41, 5.74) is 6.32. The van der Waals surface area contributed by atoms with E-state index in [0.717, 1.165) is 19.3 Å². The van der Waals surface area contributed by atoms with Gasteiger partial charge >= 0.3 is 0 Å². The summed E-state index contributed by atoms with van der Waals surface area (Å²) in [6, 6.07) is 4.96. The second-order valence-electron chi connectivity index (χ2n) is 7.43. The minimum absolute atomic E-state index is 0.169. The number of fused-ring (bicyclic) bond motifs is 1. The number of aryl methyl sites for hydroxylation is 1. The maximum Gasteiger partial charge on any atom is 0.281 e. The van der Waals surface area contributed by atoms with E-state index < -0.39 is 12.1 Å². The molecule has 4 N–H and O–H groups in total. The number of carbonyl (C=O) groups is 1. The quantitative estimate of drug-likeness (QED) is 0.417. The van der Waals surface area contributed by atoms with Crippen LogP contribution in [0.3, 0.4) is 0 Å². The Morgan fingerprint density at radius 2 is 2.12 bits per heavy atom. The molecule has 12 heteroatoms. The summed E-state index contributed by atoms with van der Waals surface area (Å²) >= 11 is 0. The highest BCUT2D eigenvalue weighted by molar-refractivity contribution is 5.98. The van der Waals surface area contributed by atoms with Crippen molar-refractivity contribution in [1.82, 2.24) is 24.1 Å². The standard InChI is InChI=1S/C17H16N8O3.C4H7F/c1-9-17(28-8-20-9)24-5-3-4-11(16(24)27)22-12-6-13(19-2)25-15(23-12)10(7-21-25)14(18)26;5-4-2-1-3-4/h3-8,19H,1-2H3,(H2,18,26)(H,22,23);4H,1-3H2. The number of anilines is 3. The SMILES string of the molecule is CNc1cc(Nc2cccn(-c3ocnc3C)c2=O)nc2c(C(N)=O)cnn12.FC1CCC1. The van der Waals surface area contributed by atoms with E-state index in [1.54, 1.807) is 38.4 Å². The van der Waals surface area contributed by atoms with E-state index in [2.05, 4.69) is 25.7 Å². The minimum atomic E-state index is -0.649. The van der Waals surface area contributed by atoms with Gasteiger partial charge in [-0.2, -0.15) is 9.61 Å². The van der Waals surface area contributed by atoms with Crippen LogP contribution in [-0.4, -0.2) is 43.3 Å². The molecule has 1 saturated carbocycles. The lowest BCUT2D eigenvalue weighted by Gasteiger charge is -2.14. The van der Waals surface area contributed by atoms with Crippen molar-refractivity contribution in [2.75, 3.05) is 17.7 Å². The van der Waals surface area contributed by atoms with Gasteiger partial charge in [0, 0.05) is 19.3 Å². The Balaban J connectivity index is 0.000000459. The van der Waals surface area contributed by atoms with Crippen molar-refractivity contribution in [2.24, 2.45) is 5.73 Å². The predicted octanol–water partition coefficient (Wildman–Crippen LogP) is 2.57. The molecule has 172 valence electrons. The smallest absolute Gasteiger partial charge is 0.281 e. The fraction of sp³-hybridized carbons (Fsp3) is 0.286. The summed E-state index contributed by atoms with van der Waals surface area (Å²) in [4.78, 5) is 32.9. The van der Waals surface area contributed by atoms with Gasteiger partial charge in [0.15, 0.2) is 12.0 Å². The molecule has 33 heavy (non-hydrogen) atoms. The lowest BCUT2D eigenvalue weighted by Crippen LogP contribution is -2.21. The number of primary amides is 1. The first-order chi connectivity index (χ1) is 15.9. The fourth-order valence-electron chi connectivity index (χ4n) is 3.15. The average molecular weight is 454 g/mol. The first kappa shape index (κ1) is 22.0. The Kier molecular flexibility index (Phi) is 6.07. The highest BCUT2D eigenvalue weighted by Crippen LogP contribution is 2.21. The van der Waals surface area contributed by atoms with E-state index in [0.29, 0.717) is 23.2 Å². The number of alkyl halides is 1. The van der Waals surface area contributed by atoms with Crippen LogP contribution in [0.4, 0.5) is 21.7 Å². The van der Waals surface area contributed by atoms with Crippen LogP contribution in [0, 0.1) is 6.92 Å². The summed E-state index contributed by atoms with van der Waals surface area (Å²) in [5, 5.41) is 10.1. The van der Waals surface area contributed by atoms with Gasteiger partial charge in [-0.15, -0.1) is 0 Å². The summed E-state index contributed by atoms with van der Waals surface area (Å²) in [6.07, 6.45) is 6.52. The van der Waals surface area contributed by atoms with Gasteiger partial charge in [0.2, 0.25) is 5.88 Å². The molecule has 4 aromatic heterocycles. The Morgan fingerprint density at radius 3 is 2.70 bits per heavy atom. The number of amides is 1. The number of nitrogens with zero attached hydrogens (tertiary/aromatic N) is 5. The molecule has 4 aromatic rings. The van der Waals surface area contributed by atoms with Crippen LogP contribution < -0.4 is 21.9 Å². The number of oxazole rings is 1. The summed E-state index contributed by atoms with van der Waals surface area (Å²) in [7, 11) is 1.70. The van der Waals surface area contributed by atoms with Gasteiger partial charge in [0.1, 0.15) is 34.8 Å². The van der Waals surface area contributed by atoms with E-state index in [1.165, 1.54) is 21.7 Å². The molecule has 0 radical (unpaired) electrons. The lowest BCUT2D eigenvalue weighted by molar-refractivity contribution is 0.100. The number of aromatic nitrogens is 5. The Labute approximate surface area is 187 Å². The van der Waals surface area contributed by atoms with E-state index in [9.17, 15) is 14.0 Å². The Morgan fingerprint density at radius 1 is 1.36 bits per heavy atom. The Bertz CT molecular complexity index is 1360. The molecule has 1 aliphatic carbocycles. The van der Waals surface area contributed by atoms with Crippen molar-refractivity contribution >= 4 is 28.9 Å². The van der Waals surface area contributed by atoms with Crippen LogP contribution in [0.1, 0.15) is 35.3 Å². The minimum Gasteiger partial charge on any atom is -0.427 e. The second-order valence-corrected chi connectivity index (χ2v) is 7.43. The third kappa shape index (κ3) is 4.40. The van der Waals surface area contributed by atoms with Gasteiger partial charge in [-0.1, -0.05) is 0 Å². The monoisotopic (exact) mass is 454 g/mol. The highest BCUT2D eigenvalue weighted by Gasteiger charge is 2.16. The first-order valence-corrected chi connectivity index (χ1v) is 10.3. The van der Waals surface area contributed by atoms with Gasteiger partial charge in [0.05, 0.1) is 6.20 Å². The van der Waals surface area contributed by atoms with Crippen LogP contribution >= 0.6 is 0 Å². The number of nitrogens with two attached hydrogens (primary N) is 1. The molecule has 0 saturated heterocycles. The lowest BCUT2D eigenvalue weighted by atomic mass is 9.98. The second kappa shape index (κ2) is 9.10. The zero-order valence-electron chi connectivity index (χ0n) is 18.1. The molecule has 4 heterocycles. The van der Waals surface area contributed by atoms with Crippen molar-refractivity contribution in [3.63, 3.8) is 0 Å². The molecule has 0 unspecified atom stereocenters. The molecule has 0 atom stereocenters. The van der Waals surface area contributed by atoms with Crippen molar-refractivity contribution in [1.29, 1.82) is 0 Å². The first-order valence-electron chi connectivity index (χ1n) is 10.3. The van der Waals surface area contributed by atoms with Crippen molar-refractivity contribution < 1.29 is 13.6 Å². The number of pyridine rings is 1. The van der Waals surface area contributed by atoms with Gasteiger partial charge in [0.25, 0.3) is 11.5 Å². The third-order valence-electron chi connectivity index (χ3n) is 5.18.